The molecule has 1 aromatic rings. The summed E-state index contributed by atoms with van der Waals surface area (Å²) in [5.74, 6) is 1.77. The molecule has 0 unspecified atom stereocenters. The summed E-state index contributed by atoms with van der Waals surface area (Å²) in [4.78, 5) is 13.0. The fraction of sp³-hybridized carbons (Fsp3) is 0.611. The lowest BCUT2D eigenvalue weighted by Crippen LogP contribution is -2.31. The van der Waals surface area contributed by atoms with Crippen LogP contribution in [0.15, 0.2) is 22.7 Å². The van der Waals surface area contributed by atoms with Crippen molar-refractivity contribution >= 4 is 21.7 Å². The van der Waals surface area contributed by atoms with Crippen LogP contribution in [0.2, 0.25) is 0 Å². The standard InChI is InChI=1S/C18H25BrO2/c1-13(2)12-18(8-4-5-9-18)17(20)11-14-10-15(19)6-7-16(14)21-3/h6-7,10,13H,4-5,8-9,11-12H2,1-3H3. The number of rotatable bonds is 6. The van der Waals surface area contributed by atoms with Crippen molar-refractivity contribution < 1.29 is 9.53 Å². The maximum Gasteiger partial charge on any atom is 0.143 e. The molecule has 1 fully saturated rings. The molecule has 2 nitrogen and oxygen atoms in total. The van der Waals surface area contributed by atoms with Gasteiger partial charge in [-0.2, -0.15) is 0 Å². The van der Waals surface area contributed by atoms with Crippen molar-refractivity contribution in [2.45, 2.75) is 52.4 Å². The average molecular weight is 353 g/mol. The number of ketones is 1. The van der Waals surface area contributed by atoms with Crippen molar-refractivity contribution in [1.82, 2.24) is 0 Å². The third kappa shape index (κ3) is 3.88. The lowest BCUT2D eigenvalue weighted by Gasteiger charge is -2.29. The number of carbonyl (C=O) groups excluding carboxylic acids is 1. The average Bonchev–Trinajstić information content (AvgIpc) is 2.88. The lowest BCUT2D eigenvalue weighted by molar-refractivity contribution is -0.128. The first-order valence-corrected chi connectivity index (χ1v) is 8.62. The van der Waals surface area contributed by atoms with E-state index in [4.69, 9.17) is 4.74 Å². The van der Waals surface area contributed by atoms with Gasteiger partial charge in [0.1, 0.15) is 11.5 Å². The first-order chi connectivity index (χ1) is 9.97. The van der Waals surface area contributed by atoms with Gasteiger partial charge in [-0.1, -0.05) is 42.6 Å². The van der Waals surface area contributed by atoms with Crippen LogP contribution in [0.25, 0.3) is 0 Å². The predicted molar refractivity (Wildman–Crippen MR) is 89.8 cm³/mol. The Labute approximate surface area is 136 Å². The number of Topliss-reactive ketones (excluding diaryl/α,β-unsaturated/α-hetero) is 1. The Bertz CT molecular complexity index is 502. The van der Waals surface area contributed by atoms with Gasteiger partial charge in [0.2, 0.25) is 0 Å². The van der Waals surface area contributed by atoms with Crippen molar-refractivity contribution in [3.05, 3.63) is 28.2 Å². The van der Waals surface area contributed by atoms with Crippen LogP contribution >= 0.6 is 15.9 Å². The molecule has 0 heterocycles. The van der Waals surface area contributed by atoms with Crippen LogP contribution in [-0.2, 0) is 11.2 Å². The molecular weight excluding hydrogens is 328 g/mol. The molecule has 0 aromatic heterocycles. The largest absolute Gasteiger partial charge is 0.496 e. The van der Waals surface area contributed by atoms with Gasteiger partial charge in [-0.15, -0.1) is 0 Å². The minimum Gasteiger partial charge on any atom is -0.496 e. The second-order valence-corrected chi connectivity index (χ2v) is 7.56. The molecule has 2 rings (SSSR count). The number of hydrogen-bond donors (Lipinski definition) is 0. The van der Waals surface area contributed by atoms with Crippen molar-refractivity contribution in [2.24, 2.45) is 11.3 Å². The highest BCUT2D eigenvalue weighted by molar-refractivity contribution is 9.10. The van der Waals surface area contributed by atoms with Crippen LogP contribution in [0.1, 0.15) is 51.5 Å². The van der Waals surface area contributed by atoms with Gasteiger partial charge in [-0.3, -0.25) is 4.79 Å². The van der Waals surface area contributed by atoms with E-state index in [0.717, 1.165) is 35.0 Å². The number of ether oxygens (including phenoxy) is 1. The van der Waals surface area contributed by atoms with Crippen LogP contribution < -0.4 is 4.74 Å². The minimum absolute atomic E-state index is 0.0957. The van der Waals surface area contributed by atoms with Gasteiger partial charge in [0, 0.05) is 21.9 Å². The summed E-state index contributed by atoms with van der Waals surface area (Å²) in [5.41, 5.74) is 0.897. The van der Waals surface area contributed by atoms with Crippen LogP contribution in [-0.4, -0.2) is 12.9 Å². The molecular formula is C18H25BrO2. The van der Waals surface area contributed by atoms with Gasteiger partial charge in [0.05, 0.1) is 7.11 Å². The van der Waals surface area contributed by atoms with Crippen LogP contribution in [0, 0.1) is 11.3 Å². The summed E-state index contributed by atoms with van der Waals surface area (Å²) in [7, 11) is 1.66. The highest BCUT2D eigenvalue weighted by Gasteiger charge is 2.40. The van der Waals surface area contributed by atoms with E-state index in [1.165, 1.54) is 12.8 Å². The van der Waals surface area contributed by atoms with Gasteiger partial charge in [0.25, 0.3) is 0 Å². The summed E-state index contributed by atoms with van der Waals surface area (Å²) in [5, 5.41) is 0. The van der Waals surface area contributed by atoms with Crippen LogP contribution in [0.3, 0.4) is 0 Å². The van der Waals surface area contributed by atoms with Crippen LogP contribution in [0.5, 0.6) is 5.75 Å². The van der Waals surface area contributed by atoms with Gasteiger partial charge >= 0.3 is 0 Å². The van der Waals surface area contributed by atoms with E-state index in [0.29, 0.717) is 18.1 Å². The maximum atomic E-state index is 13.0. The molecule has 0 aliphatic heterocycles. The number of halogens is 1. The molecule has 3 heteroatoms. The van der Waals surface area contributed by atoms with E-state index >= 15 is 0 Å². The van der Waals surface area contributed by atoms with Crippen molar-refractivity contribution in [1.29, 1.82) is 0 Å². The third-order valence-electron chi connectivity index (χ3n) is 4.54. The fourth-order valence-corrected chi connectivity index (χ4v) is 4.08. The van der Waals surface area contributed by atoms with Gasteiger partial charge in [-0.05, 0) is 43.4 Å². The molecule has 116 valence electrons. The van der Waals surface area contributed by atoms with E-state index in [9.17, 15) is 4.79 Å². The Morgan fingerprint density at radius 1 is 1.33 bits per heavy atom. The predicted octanol–water partition coefficient (Wildman–Crippen LogP) is 5.18. The van der Waals surface area contributed by atoms with Gasteiger partial charge in [-0.25, -0.2) is 0 Å². The second-order valence-electron chi connectivity index (χ2n) is 6.64. The molecule has 0 radical (unpaired) electrons. The first-order valence-electron chi connectivity index (χ1n) is 7.82. The molecule has 21 heavy (non-hydrogen) atoms. The summed E-state index contributed by atoms with van der Waals surface area (Å²) < 4.78 is 6.40. The van der Waals surface area contributed by atoms with Crippen molar-refractivity contribution in [3.8, 4) is 5.75 Å². The molecule has 1 aliphatic rings. The normalized spacial score (nSPS) is 17.2. The fourth-order valence-electron chi connectivity index (χ4n) is 3.68. The summed E-state index contributed by atoms with van der Waals surface area (Å²) >= 11 is 3.49. The summed E-state index contributed by atoms with van der Waals surface area (Å²) in [6, 6.07) is 5.89. The van der Waals surface area contributed by atoms with Gasteiger partial charge in [0.15, 0.2) is 0 Å². The first kappa shape index (κ1) is 16.5. The molecule has 1 saturated carbocycles. The SMILES string of the molecule is COc1ccc(Br)cc1CC(=O)C1(CC(C)C)CCCC1. The number of hydrogen-bond acceptors (Lipinski definition) is 2. The van der Waals surface area contributed by atoms with E-state index in [-0.39, 0.29) is 5.41 Å². The van der Waals surface area contributed by atoms with Gasteiger partial charge < -0.3 is 4.74 Å². The zero-order chi connectivity index (χ0) is 15.5. The topological polar surface area (TPSA) is 26.3 Å². The molecule has 0 amide bonds. The monoisotopic (exact) mass is 352 g/mol. The zero-order valence-electron chi connectivity index (χ0n) is 13.2. The van der Waals surface area contributed by atoms with Crippen molar-refractivity contribution in [3.63, 3.8) is 0 Å². The third-order valence-corrected chi connectivity index (χ3v) is 5.04. The summed E-state index contributed by atoms with van der Waals surface area (Å²) in [6.45, 7) is 4.43. The number of methoxy groups -OCH3 is 1. The second kappa shape index (κ2) is 6.95. The lowest BCUT2D eigenvalue weighted by atomic mass is 9.73. The van der Waals surface area contributed by atoms with E-state index in [1.807, 2.05) is 18.2 Å². The molecule has 1 aromatic carbocycles. The smallest absolute Gasteiger partial charge is 0.143 e. The van der Waals surface area contributed by atoms with E-state index < -0.39 is 0 Å². The Hall–Kier alpha value is -0.830. The molecule has 0 spiro atoms. The number of benzene rings is 1. The maximum absolute atomic E-state index is 13.0. The Balaban J connectivity index is 2.21. The molecule has 0 bridgehead atoms. The molecule has 0 N–H and O–H groups in total. The highest BCUT2D eigenvalue weighted by Crippen LogP contribution is 2.45. The summed E-state index contributed by atoms with van der Waals surface area (Å²) in [6.07, 6.45) is 5.99. The molecule has 0 atom stereocenters. The Kier molecular flexibility index (Phi) is 5.48. The molecule has 0 saturated heterocycles. The quantitative estimate of drug-likeness (QED) is 0.705. The molecule has 1 aliphatic carbocycles. The Morgan fingerprint density at radius 2 is 2.00 bits per heavy atom. The van der Waals surface area contributed by atoms with E-state index in [2.05, 4.69) is 29.8 Å². The highest BCUT2D eigenvalue weighted by atomic mass is 79.9. The minimum atomic E-state index is -0.0957. The van der Waals surface area contributed by atoms with Crippen LogP contribution in [0.4, 0.5) is 0 Å². The number of carbonyl (C=O) groups is 1. The Morgan fingerprint density at radius 3 is 2.57 bits per heavy atom. The van der Waals surface area contributed by atoms with Crippen molar-refractivity contribution in [2.75, 3.05) is 7.11 Å². The van der Waals surface area contributed by atoms with E-state index in [1.54, 1.807) is 7.11 Å². The zero-order valence-corrected chi connectivity index (χ0v) is 14.8.